The van der Waals surface area contributed by atoms with E-state index in [4.69, 9.17) is 14.7 Å². The number of nitrogens with zero attached hydrogens (tertiary/aromatic N) is 1. The van der Waals surface area contributed by atoms with Gasteiger partial charge in [-0.05, 0) is 56.0 Å². The van der Waals surface area contributed by atoms with Crippen LogP contribution in [0.15, 0.2) is 42.5 Å². The van der Waals surface area contributed by atoms with Gasteiger partial charge >= 0.3 is 0 Å². The van der Waals surface area contributed by atoms with Crippen LogP contribution in [0.25, 0.3) is 0 Å². The molecule has 6 nitrogen and oxygen atoms in total. The smallest absolute Gasteiger partial charge is 0.262 e. The second-order valence-corrected chi connectivity index (χ2v) is 7.63. The molecule has 0 unspecified atom stereocenters. The molecule has 1 amide bonds. The Morgan fingerprint density at radius 3 is 2.79 bits per heavy atom. The second-order valence-electron chi connectivity index (χ2n) is 7.63. The van der Waals surface area contributed by atoms with Crippen LogP contribution in [-0.4, -0.2) is 23.9 Å². The first-order valence-corrected chi connectivity index (χ1v) is 9.86. The fourth-order valence-electron chi connectivity index (χ4n) is 4.05. The Balaban J connectivity index is 1.41. The molecule has 0 aromatic heterocycles. The number of hydrogen-bond acceptors (Lipinski definition) is 5. The van der Waals surface area contributed by atoms with Gasteiger partial charge in [0.05, 0.1) is 23.6 Å². The molecule has 2 aromatic rings. The lowest BCUT2D eigenvalue weighted by Gasteiger charge is -2.40. The van der Waals surface area contributed by atoms with E-state index in [1.165, 1.54) is 6.42 Å². The third-order valence-corrected chi connectivity index (χ3v) is 5.47. The lowest BCUT2D eigenvalue weighted by Crippen LogP contribution is -2.43. The van der Waals surface area contributed by atoms with Crippen LogP contribution in [0, 0.1) is 11.3 Å². The molecule has 0 radical (unpaired) electrons. The van der Waals surface area contributed by atoms with Gasteiger partial charge in [-0.2, -0.15) is 5.26 Å². The summed E-state index contributed by atoms with van der Waals surface area (Å²) in [6, 6.07) is 13.8. The standard InChI is InChI=1S/C23H22N2O4/c24-14-16-5-4-6-17(11-16)25-22(27)15-28-18-7-8-19-20(26)13-23(29-21(19)12-18)9-2-1-3-10-23/h4-8,11-12H,1-3,9-10,13,15H2,(H,25,27). The third-order valence-electron chi connectivity index (χ3n) is 5.47. The van der Waals surface area contributed by atoms with Crippen LogP contribution in [0.3, 0.4) is 0 Å². The number of carbonyl (C=O) groups is 2. The van der Waals surface area contributed by atoms with Crippen LogP contribution in [0.2, 0.25) is 0 Å². The Morgan fingerprint density at radius 2 is 2.00 bits per heavy atom. The SMILES string of the molecule is N#Cc1cccc(NC(=O)COc2ccc3c(c2)OC2(CCCCC2)CC3=O)c1. The van der Waals surface area contributed by atoms with E-state index in [9.17, 15) is 9.59 Å². The highest BCUT2D eigenvalue weighted by Gasteiger charge is 2.41. The second kappa shape index (κ2) is 7.96. The van der Waals surface area contributed by atoms with Gasteiger partial charge in [0, 0.05) is 11.8 Å². The lowest BCUT2D eigenvalue weighted by molar-refractivity contribution is -0.118. The highest BCUT2D eigenvalue weighted by molar-refractivity contribution is 6.00. The fourth-order valence-corrected chi connectivity index (χ4v) is 4.05. The maximum atomic E-state index is 12.6. The van der Waals surface area contributed by atoms with Crippen LogP contribution >= 0.6 is 0 Å². The Kier molecular flexibility index (Phi) is 5.22. The molecule has 1 heterocycles. The first kappa shape index (κ1) is 19.0. The summed E-state index contributed by atoms with van der Waals surface area (Å²) in [6.45, 7) is -0.186. The van der Waals surface area contributed by atoms with Gasteiger partial charge in [-0.15, -0.1) is 0 Å². The van der Waals surface area contributed by atoms with Crippen molar-refractivity contribution < 1.29 is 19.1 Å². The molecule has 1 aliphatic heterocycles. The number of Topliss-reactive ketones (excluding diaryl/α,β-unsaturated/α-hetero) is 1. The zero-order valence-electron chi connectivity index (χ0n) is 16.1. The molecule has 0 bridgehead atoms. The summed E-state index contributed by atoms with van der Waals surface area (Å²) >= 11 is 0. The molecule has 1 aliphatic carbocycles. The summed E-state index contributed by atoms with van der Waals surface area (Å²) in [4.78, 5) is 24.7. The largest absolute Gasteiger partial charge is 0.486 e. The first-order valence-electron chi connectivity index (χ1n) is 9.86. The highest BCUT2D eigenvalue weighted by Crippen LogP contribution is 2.42. The Labute approximate surface area is 169 Å². The number of ether oxygens (including phenoxy) is 2. The van der Waals surface area contributed by atoms with Gasteiger partial charge in [0.2, 0.25) is 0 Å². The maximum absolute atomic E-state index is 12.6. The quantitative estimate of drug-likeness (QED) is 0.843. The van der Waals surface area contributed by atoms with Gasteiger partial charge in [-0.25, -0.2) is 0 Å². The number of benzene rings is 2. The molecule has 0 atom stereocenters. The topological polar surface area (TPSA) is 88.4 Å². The average Bonchev–Trinajstić information content (AvgIpc) is 2.72. The number of hydrogen-bond donors (Lipinski definition) is 1. The van der Waals surface area contributed by atoms with Crippen molar-refractivity contribution in [1.29, 1.82) is 5.26 Å². The minimum absolute atomic E-state index is 0.106. The van der Waals surface area contributed by atoms with E-state index in [1.807, 2.05) is 6.07 Å². The van der Waals surface area contributed by atoms with Crippen molar-refractivity contribution in [3.63, 3.8) is 0 Å². The Morgan fingerprint density at radius 1 is 1.17 bits per heavy atom. The first-order chi connectivity index (χ1) is 14.1. The van der Waals surface area contributed by atoms with Gasteiger partial charge < -0.3 is 14.8 Å². The number of fused-ring (bicyclic) bond motifs is 1. The van der Waals surface area contributed by atoms with E-state index in [2.05, 4.69) is 5.32 Å². The van der Waals surface area contributed by atoms with Crippen LogP contribution < -0.4 is 14.8 Å². The van der Waals surface area contributed by atoms with Crippen LogP contribution in [0.5, 0.6) is 11.5 Å². The molecule has 4 rings (SSSR count). The predicted molar refractivity (Wildman–Crippen MR) is 107 cm³/mol. The third kappa shape index (κ3) is 4.24. The summed E-state index contributed by atoms with van der Waals surface area (Å²) in [5, 5.41) is 11.6. The summed E-state index contributed by atoms with van der Waals surface area (Å²) < 4.78 is 11.9. The van der Waals surface area contributed by atoms with Crippen molar-refractivity contribution >= 4 is 17.4 Å². The van der Waals surface area contributed by atoms with Gasteiger partial charge in [0.1, 0.15) is 17.1 Å². The minimum Gasteiger partial charge on any atom is -0.486 e. The van der Waals surface area contributed by atoms with Crippen LogP contribution in [0.4, 0.5) is 5.69 Å². The zero-order chi connectivity index (χ0) is 20.3. The molecule has 0 saturated heterocycles. The molecule has 148 valence electrons. The minimum atomic E-state index is -0.385. The van der Waals surface area contributed by atoms with Crippen molar-refractivity contribution in [3.8, 4) is 17.6 Å². The molecule has 6 heteroatoms. The van der Waals surface area contributed by atoms with E-state index in [-0.39, 0.29) is 23.9 Å². The summed E-state index contributed by atoms with van der Waals surface area (Å²) in [7, 11) is 0. The van der Waals surface area contributed by atoms with Crippen molar-refractivity contribution in [3.05, 3.63) is 53.6 Å². The molecular weight excluding hydrogens is 368 g/mol. The predicted octanol–water partition coefficient (Wildman–Crippen LogP) is 4.24. The number of nitriles is 1. The lowest BCUT2D eigenvalue weighted by atomic mass is 9.78. The van der Waals surface area contributed by atoms with E-state index in [1.54, 1.807) is 42.5 Å². The molecule has 1 N–H and O–H groups in total. The molecule has 29 heavy (non-hydrogen) atoms. The monoisotopic (exact) mass is 390 g/mol. The molecule has 1 spiro atoms. The van der Waals surface area contributed by atoms with Crippen LogP contribution in [-0.2, 0) is 4.79 Å². The normalized spacial score (nSPS) is 17.0. The highest BCUT2D eigenvalue weighted by atomic mass is 16.5. The van der Waals surface area contributed by atoms with E-state index >= 15 is 0 Å². The number of nitrogens with one attached hydrogen (secondary N) is 1. The average molecular weight is 390 g/mol. The summed E-state index contributed by atoms with van der Waals surface area (Å²) in [5.74, 6) is 0.793. The Bertz CT molecular complexity index is 987. The Hall–Kier alpha value is -3.33. The molecule has 1 saturated carbocycles. The van der Waals surface area contributed by atoms with Gasteiger partial charge in [0.25, 0.3) is 5.91 Å². The van der Waals surface area contributed by atoms with Gasteiger partial charge in [-0.3, -0.25) is 9.59 Å². The molecule has 2 aliphatic rings. The van der Waals surface area contributed by atoms with Crippen molar-refractivity contribution in [2.75, 3.05) is 11.9 Å². The number of ketones is 1. The summed E-state index contributed by atoms with van der Waals surface area (Å²) in [5.41, 5.74) is 1.20. The summed E-state index contributed by atoms with van der Waals surface area (Å²) in [6.07, 6.45) is 5.56. The van der Waals surface area contributed by atoms with Crippen LogP contribution in [0.1, 0.15) is 54.4 Å². The molecular formula is C23H22N2O4. The van der Waals surface area contributed by atoms with Gasteiger partial charge in [0.15, 0.2) is 12.4 Å². The number of carbonyl (C=O) groups excluding carboxylic acids is 2. The maximum Gasteiger partial charge on any atom is 0.262 e. The van der Waals surface area contributed by atoms with Gasteiger partial charge in [-0.1, -0.05) is 12.5 Å². The van der Waals surface area contributed by atoms with Crippen molar-refractivity contribution in [1.82, 2.24) is 0 Å². The van der Waals surface area contributed by atoms with Crippen molar-refractivity contribution in [2.45, 2.75) is 44.1 Å². The fraction of sp³-hybridized carbons (Fsp3) is 0.348. The zero-order valence-corrected chi connectivity index (χ0v) is 16.1. The van der Waals surface area contributed by atoms with E-state index in [0.717, 1.165) is 25.7 Å². The molecule has 2 aromatic carbocycles. The van der Waals surface area contributed by atoms with Crippen molar-refractivity contribution in [2.24, 2.45) is 0 Å². The molecule has 1 fully saturated rings. The van der Waals surface area contributed by atoms with E-state index < -0.39 is 0 Å². The van der Waals surface area contributed by atoms with E-state index in [0.29, 0.717) is 34.7 Å². The number of amides is 1. The number of rotatable bonds is 4. The number of anilines is 1.